The molecule has 1 N–H and O–H groups in total. The molecule has 0 spiro atoms. The molecule has 0 saturated heterocycles. The first-order valence-corrected chi connectivity index (χ1v) is 5.34. The Morgan fingerprint density at radius 1 is 1.07 bits per heavy atom. The third-order valence-corrected chi connectivity index (χ3v) is 2.06. The van der Waals surface area contributed by atoms with Gasteiger partial charge in [-0.05, 0) is 19.8 Å². The van der Waals surface area contributed by atoms with Crippen molar-refractivity contribution in [1.29, 1.82) is 0 Å². The normalized spacial score (nSPS) is 9.73. The van der Waals surface area contributed by atoms with E-state index < -0.39 is 0 Å². The highest BCUT2D eigenvalue weighted by atomic mass is 16.2. The number of hydrogen-bond donors (Lipinski definition) is 1. The van der Waals surface area contributed by atoms with Crippen molar-refractivity contribution in [3.8, 4) is 0 Å². The summed E-state index contributed by atoms with van der Waals surface area (Å²) in [5.74, 6) is 0.0732. The van der Waals surface area contributed by atoms with Gasteiger partial charge in [0.2, 0.25) is 5.91 Å². The first-order valence-electron chi connectivity index (χ1n) is 5.34. The van der Waals surface area contributed by atoms with Gasteiger partial charge in [-0.1, -0.05) is 6.92 Å². The van der Waals surface area contributed by atoms with E-state index in [1.807, 2.05) is 0 Å². The average molecular weight is 213 g/mol. The maximum atomic E-state index is 11.2. The van der Waals surface area contributed by atoms with E-state index in [-0.39, 0.29) is 24.0 Å². The van der Waals surface area contributed by atoms with Crippen molar-refractivity contribution in [3.05, 3.63) is 0 Å². The lowest BCUT2D eigenvalue weighted by Crippen LogP contribution is -2.28. The van der Waals surface area contributed by atoms with Crippen molar-refractivity contribution in [1.82, 2.24) is 5.32 Å². The maximum absolute atomic E-state index is 11.2. The van der Waals surface area contributed by atoms with Crippen LogP contribution in [0.3, 0.4) is 0 Å². The van der Waals surface area contributed by atoms with Crippen LogP contribution in [0.1, 0.15) is 46.0 Å². The fourth-order valence-electron chi connectivity index (χ4n) is 1.07. The quantitative estimate of drug-likeness (QED) is 0.617. The summed E-state index contributed by atoms with van der Waals surface area (Å²) in [5.41, 5.74) is 0. The van der Waals surface area contributed by atoms with Crippen molar-refractivity contribution in [3.63, 3.8) is 0 Å². The van der Waals surface area contributed by atoms with Crippen LogP contribution >= 0.6 is 0 Å². The third-order valence-electron chi connectivity index (χ3n) is 2.06. The second-order valence-electron chi connectivity index (χ2n) is 3.58. The highest BCUT2D eigenvalue weighted by Gasteiger charge is 2.03. The van der Waals surface area contributed by atoms with Gasteiger partial charge in [-0.2, -0.15) is 0 Å². The van der Waals surface area contributed by atoms with Crippen LogP contribution in [0, 0.1) is 0 Å². The van der Waals surface area contributed by atoms with Crippen LogP contribution in [0.4, 0.5) is 0 Å². The molecule has 0 fully saturated rings. The van der Waals surface area contributed by atoms with E-state index >= 15 is 0 Å². The third kappa shape index (κ3) is 9.12. The second kappa shape index (κ2) is 8.15. The van der Waals surface area contributed by atoms with Crippen molar-refractivity contribution >= 4 is 17.5 Å². The summed E-state index contributed by atoms with van der Waals surface area (Å²) < 4.78 is 0. The minimum Gasteiger partial charge on any atom is -0.349 e. The molecule has 0 aromatic carbocycles. The van der Waals surface area contributed by atoms with Crippen molar-refractivity contribution < 1.29 is 14.4 Å². The van der Waals surface area contributed by atoms with Gasteiger partial charge in [0.15, 0.2) is 5.78 Å². The van der Waals surface area contributed by atoms with Gasteiger partial charge in [-0.3, -0.25) is 9.59 Å². The molecule has 0 unspecified atom stereocenters. The number of carbonyl (C=O) groups is 3. The van der Waals surface area contributed by atoms with E-state index in [1.165, 1.54) is 0 Å². The zero-order chi connectivity index (χ0) is 11.7. The van der Waals surface area contributed by atoms with Gasteiger partial charge in [0.1, 0.15) is 5.78 Å². The van der Waals surface area contributed by atoms with Crippen molar-refractivity contribution in [2.45, 2.75) is 46.0 Å². The van der Waals surface area contributed by atoms with Crippen LogP contribution in [0.25, 0.3) is 0 Å². The first kappa shape index (κ1) is 13.8. The maximum Gasteiger partial charge on any atom is 0.220 e. The lowest BCUT2D eigenvalue weighted by atomic mass is 10.1. The largest absolute Gasteiger partial charge is 0.349 e. The summed E-state index contributed by atoms with van der Waals surface area (Å²) in [6.45, 7) is 3.43. The molecule has 0 aliphatic rings. The van der Waals surface area contributed by atoms with Gasteiger partial charge in [-0.25, -0.2) is 0 Å². The predicted molar refractivity (Wildman–Crippen MR) is 57.5 cm³/mol. The Morgan fingerprint density at radius 2 is 1.67 bits per heavy atom. The number of rotatable bonds is 8. The molecule has 0 heterocycles. The van der Waals surface area contributed by atoms with Gasteiger partial charge in [0.25, 0.3) is 0 Å². The molecular weight excluding hydrogens is 194 g/mol. The lowest BCUT2D eigenvalue weighted by Gasteiger charge is -2.02. The van der Waals surface area contributed by atoms with E-state index in [0.29, 0.717) is 25.7 Å². The van der Waals surface area contributed by atoms with Crippen molar-refractivity contribution in [2.24, 2.45) is 0 Å². The molecule has 15 heavy (non-hydrogen) atoms. The second-order valence-corrected chi connectivity index (χ2v) is 3.58. The predicted octanol–water partition coefficient (Wildman–Crippen LogP) is 1.23. The molecule has 0 saturated carbocycles. The number of carbonyl (C=O) groups excluding carboxylic acids is 3. The van der Waals surface area contributed by atoms with Gasteiger partial charge < -0.3 is 10.1 Å². The van der Waals surface area contributed by atoms with Crippen LogP contribution < -0.4 is 5.32 Å². The summed E-state index contributed by atoms with van der Waals surface area (Å²) in [7, 11) is 0. The topological polar surface area (TPSA) is 63.2 Å². The monoisotopic (exact) mass is 213 g/mol. The molecule has 1 amide bonds. The standard InChI is InChI=1S/C11H19NO3/c1-3-10(14)8-12-11(15)7-5-4-6-9(2)13/h3-8H2,1-2H3,(H,12,15). The summed E-state index contributed by atoms with van der Waals surface area (Å²) in [5, 5.41) is 2.55. The Labute approximate surface area is 90.4 Å². The smallest absolute Gasteiger partial charge is 0.220 e. The molecule has 0 bridgehead atoms. The molecule has 0 aromatic rings. The number of nitrogens with one attached hydrogen (secondary N) is 1. The number of hydrogen-bond acceptors (Lipinski definition) is 3. The Balaban J connectivity index is 3.41. The Hall–Kier alpha value is -1.19. The van der Waals surface area contributed by atoms with E-state index in [9.17, 15) is 14.4 Å². The molecule has 0 atom stereocenters. The summed E-state index contributed by atoms with van der Waals surface area (Å²) >= 11 is 0. The zero-order valence-corrected chi connectivity index (χ0v) is 9.47. The first-order chi connectivity index (χ1) is 7.06. The fourth-order valence-corrected chi connectivity index (χ4v) is 1.07. The van der Waals surface area contributed by atoms with E-state index in [4.69, 9.17) is 0 Å². The summed E-state index contributed by atoms with van der Waals surface area (Å²) in [4.78, 5) is 32.6. The van der Waals surface area contributed by atoms with Crippen LogP contribution in [-0.2, 0) is 14.4 Å². The van der Waals surface area contributed by atoms with Gasteiger partial charge in [0.05, 0.1) is 6.54 Å². The Kier molecular flexibility index (Phi) is 7.50. The average Bonchev–Trinajstić information content (AvgIpc) is 2.20. The van der Waals surface area contributed by atoms with Crippen molar-refractivity contribution in [2.75, 3.05) is 6.54 Å². The van der Waals surface area contributed by atoms with Crippen LogP contribution in [-0.4, -0.2) is 24.0 Å². The number of amides is 1. The molecule has 86 valence electrons. The van der Waals surface area contributed by atoms with Gasteiger partial charge >= 0.3 is 0 Å². The van der Waals surface area contributed by atoms with Crippen LogP contribution in [0.15, 0.2) is 0 Å². The van der Waals surface area contributed by atoms with E-state index in [1.54, 1.807) is 13.8 Å². The molecular formula is C11H19NO3. The Morgan fingerprint density at radius 3 is 2.20 bits per heavy atom. The summed E-state index contributed by atoms with van der Waals surface area (Å²) in [6, 6.07) is 0. The SMILES string of the molecule is CCC(=O)CNC(=O)CCCCC(C)=O. The van der Waals surface area contributed by atoms with Gasteiger partial charge in [-0.15, -0.1) is 0 Å². The number of ketones is 2. The highest BCUT2D eigenvalue weighted by molar-refractivity contribution is 5.85. The van der Waals surface area contributed by atoms with E-state index in [0.717, 1.165) is 6.42 Å². The number of Topliss-reactive ketones (excluding diaryl/α,β-unsaturated/α-hetero) is 2. The fraction of sp³-hybridized carbons (Fsp3) is 0.727. The summed E-state index contributed by atoms with van der Waals surface area (Å²) in [6.07, 6.45) is 2.81. The van der Waals surface area contributed by atoms with Gasteiger partial charge in [0, 0.05) is 19.3 Å². The minimum atomic E-state index is -0.111. The molecule has 4 heteroatoms. The molecule has 0 rings (SSSR count). The molecule has 0 radical (unpaired) electrons. The lowest BCUT2D eigenvalue weighted by molar-refractivity contribution is -0.125. The molecule has 0 aliphatic heterocycles. The molecule has 0 aliphatic carbocycles. The molecule has 4 nitrogen and oxygen atoms in total. The van der Waals surface area contributed by atoms with Crippen LogP contribution in [0.2, 0.25) is 0 Å². The zero-order valence-electron chi connectivity index (χ0n) is 9.47. The van der Waals surface area contributed by atoms with E-state index in [2.05, 4.69) is 5.32 Å². The van der Waals surface area contributed by atoms with Crippen LogP contribution in [0.5, 0.6) is 0 Å². The number of unbranched alkanes of at least 4 members (excludes halogenated alkanes) is 1. The Bertz CT molecular complexity index is 236. The highest BCUT2D eigenvalue weighted by Crippen LogP contribution is 2.00. The minimum absolute atomic E-state index is 0.0343. The molecule has 0 aromatic heterocycles.